The standard InChI is InChI=1S/C11H20N2O3/c1-4-13-10(14)6-5-7(12)9-8(6)15-11(2,3)16-9/h6-9H,4-5,12H2,1-3H3,(H,13,14)/t6-,7+,8+,9-/m0/s1. The summed E-state index contributed by atoms with van der Waals surface area (Å²) in [6.45, 7) is 6.24. The molecule has 1 saturated carbocycles. The van der Waals surface area contributed by atoms with Crippen molar-refractivity contribution in [2.45, 2.75) is 51.2 Å². The zero-order chi connectivity index (χ0) is 11.9. The molecule has 1 amide bonds. The fourth-order valence-electron chi connectivity index (χ4n) is 2.58. The third-order valence-corrected chi connectivity index (χ3v) is 3.20. The molecule has 0 radical (unpaired) electrons. The van der Waals surface area contributed by atoms with Gasteiger partial charge in [0.05, 0.1) is 5.92 Å². The molecule has 4 atom stereocenters. The summed E-state index contributed by atoms with van der Waals surface area (Å²) in [4.78, 5) is 11.8. The molecule has 1 saturated heterocycles. The number of rotatable bonds is 2. The molecule has 0 bridgehead atoms. The summed E-state index contributed by atoms with van der Waals surface area (Å²) in [6, 6.07) is -0.112. The Balaban J connectivity index is 2.10. The zero-order valence-electron chi connectivity index (χ0n) is 10.0. The number of carbonyl (C=O) groups excluding carboxylic acids is 1. The van der Waals surface area contributed by atoms with Crippen LogP contribution in [-0.4, -0.2) is 36.5 Å². The van der Waals surface area contributed by atoms with Crippen LogP contribution in [0.2, 0.25) is 0 Å². The number of hydrogen-bond donors (Lipinski definition) is 2. The predicted molar refractivity (Wildman–Crippen MR) is 58.6 cm³/mol. The quantitative estimate of drug-likeness (QED) is 0.697. The van der Waals surface area contributed by atoms with Gasteiger partial charge in [0, 0.05) is 12.6 Å². The van der Waals surface area contributed by atoms with Gasteiger partial charge in [-0.15, -0.1) is 0 Å². The molecule has 0 unspecified atom stereocenters. The van der Waals surface area contributed by atoms with Gasteiger partial charge in [0.15, 0.2) is 5.79 Å². The number of nitrogens with one attached hydrogen (secondary N) is 1. The Labute approximate surface area is 95.7 Å². The highest BCUT2D eigenvalue weighted by Gasteiger charge is 2.54. The van der Waals surface area contributed by atoms with Crippen LogP contribution >= 0.6 is 0 Å². The van der Waals surface area contributed by atoms with Crippen molar-refractivity contribution in [2.75, 3.05) is 6.54 Å². The maximum Gasteiger partial charge on any atom is 0.225 e. The van der Waals surface area contributed by atoms with Gasteiger partial charge in [0.25, 0.3) is 0 Å². The van der Waals surface area contributed by atoms with E-state index in [1.807, 2.05) is 20.8 Å². The number of carbonyl (C=O) groups is 1. The maximum absolute atomic E-state index is 11.8. The smallest absolute Gasteiger partial charge is 0.225 e. The van der Waals surface area contributed by atoms with Gasteiger partial charge in [-0.3, -0.25) is 4.79 Å². The average Bonchev–Trinajstić information content (AvgIpc) is 2.62. The summed E-state index contributed by atoms with van der Waals surface area (Å²) >= 11 is 0. The van der Waals surface area contributed by atoms with Gasteiger partial charge in [-0.05, 0) is 27.2 Å². The van der Waals surface area contributed by atoms with Crippen molar-refractivity contribution in [3.8, 4) is 0 Å². The van der Waals surface area contributed by atoms with Crippen LogP contribution in [0, 0.1) is 5.92 Å². The molecule has 5 nitrogen and oxygen atoms in total. The maximum atomic E-state index is 11.8. The fourth-order valence-corrected chi connectivity index (χ4v) is 2.58. The van der Waals surface area contributed by atoms with Crippen molar-refractivity contribution >= 4 is 5.91 Å². The summed E-state index contributed by atoms with van der Waals surface area (Å²) in [5, 5.41) is 2.82. The summed E-state index contributed by atoms with van der Waals surface area (Å²) in [5.41, 5.74) is 5.98. The Bertz CT molecular complexity index is 293. The Morgan fingerprint density at radius 3 is 2.69 bits per heavy atom. The largest absolute Gasteiger partial charge is 0.356 e. The molecule has 2 fully saturated rings. The van der Waals surface area contributed by atoms with Crippen molar-refractivity contribution in [3.05, 3.63) is 0 Å². The molecule has 2 rings (SSSR count). The highest BCUT2D eigenvalue weighted by Crippen LogP contribution is 2.40. The van der Waals surface area contributed by atoms with Crippen LogP contribution in [0.25, 0.3) is 0 Å². The number of amides is 1. The fraction of sp³-hybridized carbons (Fsp3) is 0.909. The molecule has 2 aliphatic rings. The summed E-state index contributed by atoms with van der Waals surface area (Å²) in [6.07, 6.45) is 0.288. The third-order valence-electron chi connectivity index (χ3n) is 3.20. The SMILES string of the molecule is CCNC(=O)[C@H]1C[C@@H](N)[C@@H]2OC(C)(C)O[C@@H]21. The highest BCUT2D eigenvalue weighted by molar-refractivity contribution is 5.80. The minimum Gasteiger partial charge on any atom is -0.356 e. The predicted octanol–water partition coefficient (Wildman–Crippen LogP) is -0.0102. The first-order valence-electron chi connectivity index (χ1n) is 5.83. The minimum atomic E-state index is -0.627. The molecule has 1 aliphatic heterocycles. The van der Waals surface area contributed by atoms with Crippen LogP contribution in [0.15, 0.2) is 0 Å². The monoisotopic (exact) mass is 228 g/mol. The van der Waals surface area contributed by atoms with Crippen LogP contribution in [0.3, 0.4) is 0 Å². The molecule has 16 heavy (non-hydrogen) atoms. The van der Waals surface area contributed by atoms with E-state index in [4.69, 9.17) is 15.2 Å². The lowest BCUT2D eigenvalue weighted by atomic mass is 10.0. The van der Waals surface area contributed by atoms with E-state index in [9.17, 15) is 4.79 Å². The Hall–Kier alpha value is -0.650. The van der Waals surface area contributed by atoms with Gasteiger partial charge in [-0.25, -0.2) is 0 Å². The lowest BCUT2D eigenvalue weighted by Gasteiger charge is -2.22. The first kappa shape index (κ1) is 11.8. The molecule has 92 valence electrons. The van der Waals surface area contributed by atoms with Gasteiger partial charge in [-0.2, -0.15) is 0 Å². The van der Waals surface area contributed by atoms with Crippen molar-refractivity contribution in [1.29, 1.82) is 0 Å². The summed E-state index contributed by atoms with van der Waals surface area (Å²) in [7, 11) is 0. The topological polar surface area (TPSA) is 73.6 Å². The Morgan fingerprint density at radius 2 is 2.06 bits per heavy atom. The molecular weight excluding hydrogens is 208 g/mol. The van der Waals surface area contributed by atoms with Crippen molar-refractivity contribution in [3.63, 3.8) is 0 Å². The minimum absolute atomic E-state index is 0.0201. The summed E-state index contributed by atoms with van der Waals surface area (Å²) < 4.78 is 11.5. The van der Waals surface area contributed by atoms with Gasteiger partial charge in [-0.1, -0.05) is 0 Å². The van der Waals surface area contributed by atoms with Gasteiger partial charge >= 0.3 is 0 Å². The molecule has 0 aromatic carbocycles. The molecule has 5 heteroatoms. The Kier molecular flexibility index (Phi) is 2.94. The zero-order valence-corrected chi connectivity index (χ0v) is 10.0. The molecule has 3 N–H and O–H groups in total. The molecular formula is C11H20N2O3. The lowest BCUT2D eigenvalue weighted by molar-refractivity contribution is -0.160. The van der Waals surface area contributed by atoms with E-state index in [-0.39, 0.29) is 30.1 Å². The first-order chi connectivity index (χ1) is 7.44. The van der Waals surface area contributed by atoms with Crippen LogP contribution in [0.4, 0.5) is 0 Å². The summed E-state index contributed by atoms with van der Waals surface area (Å²) in [5.74, 6) is -0.786. The second-order valence-corrected chi connectivity index (χ2v) is 4.97. The molecule has 0 spiro atoms. The van der Waals surface area contributed by atoms with Crippen LogP contribution in [0.1, 0.15) is 27.2 Å². The van der Waals surface area contributed by atoms with E-state index < -0.39 is 5.79 Å². The first-order valence-corrected chi connectivity index (χ1v) is 5.83. The third kappa shape index (κ3) is 1.95. The van der Waals surface area contributed by atoms with E-state index in [0.29, 0.717) is 13.0 Å². The molecule has 1 heterocycles. The number of nitrogens with two attached hydrogens (primary N) is 1. The molecule has 1 aliphatic carbocycles. The van der Waals surface area contributed by atoms with Crippen molar-refractivity contribution in [1.82, 2.24) is 5.32 Å². The van der Waals surface area contributed by atoms with Crippen LogP contribution in [-0.2, 0) is 14.3 Å². The number of hydrogen-bond acceptors (Lipinski definition) is 4. The number of ether oxygens (including phenoxy) is 2. The van der Waals surface area contributed by atoms with Gasteiger partial charge in [0.1, 0.15) is 12.2 Å². The number of fused-ring (bicyclic) bond motifs is 1. The van der Waals surface area contributed by atoms with Crippen LogP contribution in [0.5, 0.6) is 0 Å². The highest BCUT2D eigenvalue weighted by atomic mass is 16.8. The second-order valence-electron chi connectivity index (χ2n) is 4.97. The average molecular weight is 228 g/mol. The van der Waals surface area contributed by atoms with Crippen molar-refractivity contribution < 1.29 is 14.3 Å². The molecule has 0 aromatic heterocycles. The van der Waals surface area contributed by atoms with E-state index in [2.05, 4.69) is 5.32 Å². The van der Waals surface area contributed by atoms with Crippen LogP contribution < -0.4 is 11.1 Å². The van der Waals surface area contributed by atoms with Gasteiger partial charge in [0.2, 0.25) is 5.91 Å². The Morgan fingerprint density at radius 1 is 1.44 bits per heavy atom. The van der Waals surface area contributed by atoms with E-state index in [0.717, 1.165) is 0 Å². The van der Waals surface area contributed by atoms with E-state index in [1.54, 1.807) is 0 Å². The van der Waals surface area contributed by atoms with Crippen molar-refractivity contribution in [2.24, 2.45) is 11.7 Å². The van der Waals surface area contributed by atoms with E-state index >= 15 is 0 Å². The second kappa shape index (κ2) is 3.98. The molecule has 0 aromatic rings. The normalized spacial score (nSPS) is 40.8. The van der Waals surface area contributed by atoms with E-state index in [1.165, 1.54) is 0 Å². The van der Waals surface area contributed by atoms with Gasteiger partial charge < -0.3 is 20.5 Å². The lowest BCUT2D eigenvalue weighted by Crippen LogP contribution is -2.37.